The van der Waals surface area contributed by atoms with E-state index < -0.39 is 28.9 Å². The molecule has 74 valence electrons. The van der Waals surface area contributed by atoms with Gasteiger partial charge in [0.05, 0.1) is 5.56 Å². The number of hydrogen-bond acceptors (Lipinski definition) is 1. The maximum absolute atomic E-state index is 13.1. The summed E-state index contributed by atoms with van der Waals surface area (Å²) in [5, 5.41) is 2.32. The highest BCUT2D eigenvalue weighted by molar-refractivity contribution is 5.97. The van der Waals surface area contributed by atoms with E-state index in [1.165, 1.54) is 0 Å². The Morgan fingerprint density at radius 2 is 1.93 bits per heavy atom. The van der Waals surface area contributed by atoms with Crippen LogP contribution in [0.5, 0.6) is 0 Å². The molecule has 1 aromatic carbocycles. The second-order valence-corrected chi connectivity index (χ2v) is 3.01. The van der Waals surface area contributed by atoms with Crippen LogP contribution in [-0.2, 0) is 6.42 Å². The van der Waals surface area contributed by atoms with Crippen LogP contribution in [0.2, 0.25) is 0 Å². The van der Waals surface area contributed by atoms with E-state index in [4.69, 9.17) is 0 Å². The van der Waals surface area contributed by atoms with Crippen molar-refractivity contribution in [1.29, 1.82) is 0 Å². The van der Waals surface area contributed by atoms with E-state index in [0.29, 0.717) is 6.07 Å². The molecule has 0 saturated carbocycles. The number of hydrogen-bond donors (Lipinski definition) is 1. The maximum Gasteiger partial charge on any atom is 0.254 e. The molecular weight excluding hydrogens is 195 g/mol. The SMILES string of the molecule is O=C1NCCc2c(F)cc(F)c(F)c21. The van der Waals surface area contributed by atoms with Crippen molar-refractivity contribution in [3.63, 3.8) is 0 Å². The van der Waals surface area contributed by atoms with Gasteiger partial charge in [-0.15, -0.1) is 0 Å². The van der Waals surface area contributed by atoms with Gasteiger partial charge < -0.3 is 5.32 Å². The van der Waals surface area contributed by atoms with E-state index >= 15 is 0 Å². The molecule has 2 nitrogen and oxygen atoms in total. The van der Waals surface area contributed by atoms with Gasteiger partial charge in [-0.2, -0.15) is 0 Å². The highest BCUT2D eigenvalue weighted by atomic mass is 19.2. The van der Waals surface area contributed by atoms with Crippen LogP contribution >= 0.6 is 0 Å². The average molecular weight is 201 g/mol. The highest BCUT2D eigenvalue weighted by Gasteiger charge is 2.26. The quantitative estimate of drug-likeness (QED) is 0.631. The first kappa shape index (κ1) is 9.05. The predicted molar refractivity (Wildman–Crippen MR) is 42.4 cm³/mol. The van der Waals surface area contributed by atoms with Crippen molar-refractivity contribution >= 4 is 5.91 Å². The summed E-state index contributed by atoms with van der Waals surface area (Å²) in [6, 6.07) is 0.465. The van der Waals surface area contributed by atoms with Gasteiger partial charge in [0.1, 0.15) is 5.82 Å². The Balaban J connectivity index is 2.73. The van der Waals surface area contributed by atoms with Gasteiger partial charge in [0.2, 0.25) is 0 Å². The number of nitrogens with one attached hydrogen (secondary N) is 1. The van der Waals surface area contributed by atoms with Gasteiger partial charge in [0, 0.05) is 18.2 Å². The van der Waals surface area contributed by atoms with Gasteiger partial charge in [0.25, 0.3) is 5.91 Å². The maximum atomic E-state index is 13.1. The van der Waals surface area contributed by atoms with Crippen molar-refractivity contribution in [2.24, 2.45) is 0 Å². The molecule has 1 N–H and O–H groups in total. The minimum absolute atomic E-state index is 0.0485. The first-order chi connectivity index (χ1) is 6.61. The first-order valence-corrected chi connectivity index (χ1v) is 4.06. The molecule has 0 saturated heterocycles. The summed E-state index contributed by atoms with van der Waals surface area (Å²) >= 11 is 0. The van der Waals surface area contributed by atoms with Gasteiger partial charge in [-0.3, -0.25) is 4.79 Å². The standard InChI is InChI=1S/C9H6F3NO/c10-5-3-6(11)8(12)7-4(5)1-2-13-9(7)14/h3H,1-2H2,(H,13,14). The Labute approximate surface area is 77.7 Å². The van der Waals surface area contributed by atoms with Crippen molar-refractivity contribution in [3.8, 4) is 0 Å². The van der Waals surface area contributed by atoms with Crippen LogP contribution in [0.25, 0.3) is 0 Å². The summed E-state index contributed by atoms with van der Waals surface area (Å²) < 4.78 is 39.0. The zero-order chi connectivity index (χ0) is 10.3. The molecule has 0 aromatic heterocycles. The van der Waals surface area contributed by atoms with Crippen LogP contribution in [0.3, 0.4) is 0 Å². The molecule has 14 heavy (non-hydrogen) atoms. The number of halogens is 3. The zero-order valence-corrected chi connectivity index (χ0v) is 7.03. The number of carbonyl (C=O) groups excluding carboxylic acids is 1. The Bertz CT molecular complexity index is 417. The van der Waals surface area contributed by atoms with Gasteiger partial charge >= 0.3 is 0 Å². The third-order valence-corrected chi connectivity index (χ3v) is 2.16. The molecule has 0 spiro atoms. The highest BCUT2D eigenvalue weighted by Crippen LogP contribution is 2.23. The summed E-state index contributed by atoms with van der Waals surface area (Å²) in [6.45, 7) is 0.244. The van der Waals surface area contributed by atoms with Crippen molar-refractivity contribution in [2.75, 3.05) is 6.54 Å². The fraction of sp³-hybridized carbons (Fsp3) is 0.222. The molecule has 1 aromatic rings. The van der Waals surface area contributed by atoms with Crippen molar-refractivity contribution in [2.45, 2.75) is 6.42 Å². The molecule has 1 heterocycles. The van der Waals surface area contributed by atoms with Crippen molar-refractivity contribution < 1.29 is 18.0 Å². The smallest absolute Gasteiger partial charge is 0.254 e. The van der Waals surface area contributed by atoms with Crippen LogP contribution < -0.4 is 5.32 Å². The van der Waals surface area contributed by atoms with E-state index in [2.05, 4.69) is 5.32 Å². The van der Waals surface area contributed by atoms with E-state index in [1.54, 1.807) is 0 Å². The molecule has 1 aliphatic heterocycles. The van der Waals surface area contributed by atoms with Crippen LogP contribution in [0.4, 0.5) is 13.2 Å². The second-order valence-electron chi connectivity index (χ2n) is 3.01. The Hall–Kier alpha value is -1.52. The van der Waals surface area contributed by atoms with Gasteiger partial charge in [0.15, 0.2) is 11.6 Å². The minimum atomic E-state index is -1.33. The largest absolute Gasteiger partial charge is 0.352 e. The van der Waals surface area contributed by atoms with Crippen LogP contribution in [0.1, 0.15) is 15.9 Å². The van der Waals surface area contributed by atoms with Gasteiger partial charge in [-0.1, -0.05) is 0 Å². The summed E-state index contributed by atoms with van der Waals surface area (Å²) in [5.74, 6) is -4.24. The van der Waals surface area contributed by atoms with Crippen LogP contribution in [-0.4, -0.2) is 12.5 Å². The lowest BCUT2D eigenvalue weighted by molar-refractivity contribution is 0.0939. The third kappa shape index (κ3) is 1.16. The van der Waals surface area contributed by atoms with Gasteiger partial charge in [-0.05, 0) is 6.42 Å². The second kappa shape index (κ2) is 3.01. The molecule has 0 fully saturated rings. The Morgan fingerprint density at radius 3 is 2.64 bits per heavy atom. The third-order valence-electron chi connectivity index (χ3n) is 2.16. The normalized spacial score (nSPS) is 14.9. The lowest BCUT2D eigenvalue weighted by Crippen LogP contribution is -2.33. The molecule has 0 bridgehead atoms. The summed E-state index contributed by atoms with van der Waals surface area (Å²) in [6.07, 6.45) is 0.185. The van der Waals surface area contributed by atoms with E-state index in [0.717, 1.165) is 0 Å². The lowest BCUT2D eigenvalue weighted by atomic mass is 9.99. The number of benzene rings is 1. The molecule has 1 amide bonds. The first-order valence-electron chi connectivity index (χ1n) is 4.06. The number of fused-ring (bicyclic) bond motifs is 1. The Kier molecular flexibility index (Phi) is 1.94. The molecule has 0 aliphatic carbocycles. The van der Waals surface area contributed by atoms with E-state index in [9.17, 15) is 18.0 Å². The molecule has 5 heteroatoms. The Morgan fingerprint density at radius 1 is 1.21 bits per heavy atom. The van der Waals surface area contributed by atoms with Crippen molar-refractivity contribution in [1.82, 2.24) is 5.32 Å². The molecule has 0 radical (unpaired) electrons. The minimum Gasteiger partial charge on any atom is -0.352 e. The molecule has 0 unspecified atom stereocenters. The van der Waals surface area contributed by atoms with Crippen LogP contribution in [0, 0.1) is 17.5 Å². The molecular formula is C9H6F3NO. The fourth-order valence-corrected chi connectivity index (χ4v) is 1.50. The molecule has 0 atom stereocenters. The predicted octanol–water partition coefficient (Wildman–Crippen LogP) is 1.39. The van der Waals surface area contributed by atoms with Crippen molar-refractivity contribution in [3.05, 3.63) is 34.6 Å². The van der Waals surface area contributed by atoms with Gasteiger partial charge in [-0.25, -0.2) is 13.2 Å². The van der Waals surface area contributed by atoms with E-state index in [1.807, 2.05) is 0 Å². The number of amides is 1. The monoisotopic (exact) mass is 201 g/mol. The summed E-state index contributed by atoms with van der Waals surface area (Å²) in [4.78, 5) is 11.1. The molecule has 1 aliphatic rings. The van der Waals surface area contributed by atoms with Crippen LogP contribution in [0.15, 0.2) is 6.07 Å². The zero-order valence-electron chi connectivity index (χ0n) is 7.03. The summed E-state index contributed by atoms with van der Waals surface area (Å²) in [7, 11) is 0. The number of carbonyl (C=O) groups is 1. The lowest BCUT2D eigenvalue weighted by Gasteiger charge is -2.17. The fourth-order valence-electron chi connectivity index (χ4n) is 1.50. The molecule has 2 rings (SSSR count). The topological polar surface area (TPSA) is 29.1 Å². The van der Waals surface area contributed by atoms with E-state index in [-0.39, 0.29) is 18.5 Å². The number of rotatable bonds is 0. The average Bonchev–Trinajstić information content (AvgIpc) is 2.14. The summed E-state index contributed by atoms with van der Waals surface area (Å²) in [5.41, 5.74) is -0.554.